The zero-order valence-electron chi connectivity index (χ0n) is 20.3. The van der Waals surface area contributed by atoms with Crippen LogP contribution < -0.4 is 24.5 Å². The van der Waals surface area contributed by atoms with Gasteiger partial charge in [-0.2, -0.15) is 0 Å². The number of thioether (sulfide) groups is 1. The summed E-state index contributed by atoms with van der Waals surface area (Å²) < 4.78 is 28.5. The van der Waals surface area contributed by atoms with Crippen LogP contribution >= 0.6 is 11.8 Å². The van der Waals surface area contributed by atoms with Crippen molar-refractivity contribution in [1.29, 1.82) is 0 Å². The third kappa shape index (κ3) is 5.22. The van der Waals surface area contributed by atoms with Crippen molar-refractivity contribution in [3.63, 3.8) is 0 Å². The highest BCUT2D eigenvalue weighted by molar-refractivity contribution is 7.99. The number of carbonyl (C=O) groups excluding carboxylic acids is 1. The Morgan fingerprint density at radius 2 is 1.62 bits per heavy atom. The topological polar surface area (TPSA) is 98.1 Å². The Morgan fingerprint density at radius 3 is 2.15 bits per heavy atom. The van der Waals surface area contributed by atoms with Gasteiger partial charge in [-0.15, -0.1) is 0 Å². The van der Waals surface area contributed by atoms with E-state index in [2.05, 4.69) is 0 Å². The average Bonchev–Trinajstić information content (AvgIpc) is 2.80. The molecule has 0 fully saturated rings. The van der Waals surface area contributed by atoms with E-state index >= 15 is 0 Å². The fourth-order valence-corrected chi connectivity index (χ4v) is 4.10. The summed E-state index contributed by atoms with van der Waals surface area (Å²) in [7, 11) is 5.97. The van der Waals surface area contributed by atoms with Crippen molar-refractivity contribution < 1.29 is 28.5 Å². The Balaban J connectivity index is 2.24. The molecule has 0 amide bonds. The molecule has 2 aromatic carbocycles. The Labute approximate surface area is 201 Å². The fourth-order valence-electron chi connectivity index (χ4n) is 3.32. The smallest absolute Gasteiger partial charge is 0.316 e. The third-order valence-corrected chi connectivity index (χ3v) is 5.62. The van der Waals surface area contributed by atoms with Gasteiger partial charge in [0.05, 0.1) is 45.3 Å². The predicted molar refractivity (Wildman–Crippen MR) is 130 cm³/mol. The molecular weight excluding hydrogens is 460 g/mol. The van der Waals surface area contributed by atoms with Gasteiger partial charge in [0.1, 0.15) is 16.9 Å². The lowest BCUT2D eigenvalue weighted by atomic mass is 10.2. The van der Waals surface area contributed by atoms with Crippen LogP contribution in [0.15, 0.2) is 40.3 Å². The number of carbonyl (C=O) groups is 1. The molecule has 0 aliphatic rings. The number of methoxy groups -OCH3 is 4. The molecule has 0 N–H and O–H groups in total. The minimum Gasteiger partial charge on any atom is -0.497 e. The van der Waals surface area contributed by atoms with Gasteiger partial charge in [-0.1, -0.05) is 11.8 Å². The summed E-state index contributed by atoms with van der Waals surface area (Å²) in [5.41, 5.74) is -0.139. The van der Waals surface area contributed by atoms with Crippen LogP contribution in [0.5, 0.6) is 23.0 Å². The van der Waals surface area contributed by atoms with Crippen LogP contribution in [-0.2, 0) is 9.53 Å². The molecule has 0 bridgehead atoms. The van der Waals surface area contributed by atoms with Gasteiger partial charge in [0.2, 0.25) is 5.75 Å². The highest BCUT2D eigenvalue weighted by Crippen LogP contribution is 2.42. The molecule has 34 heavy (non-hydrogen) atoms. The van der Waals surface area contributed by atoms with E-state index in [1.54, 1.807) is 58.2 Å². The van der Waals surface area contributed by atoms with Crippen molar-refractivity contribution in [3.8, 4) is 28.7 Å². The van der Waals surface area contributed by atoms with Gasteiger partial charge in [0.15, 0.2) is 16.7 Å². The van der Waals surface area contributed by atoms with Gasteiger partial charge in [-0.25, -0.2) is 4.98 Å². The Hall–Kier alpha value is -3.40. The van der Waals surface area contributed by atoms with E-state index < -0.39 is 11.6 Å². The number of benzene rings is 2. The second-order valence-electron chi connectivity index (χ2n) is 8.15. The average molecular weight is 489 g/mol. The van der Waals surface area contributed by atoms with E-state index in [1.165, 1.54) is 25.9 Å². The number of fused-ring (bicyclic) bond motifs is 1. The molecule has 3 rings (SSSR count). The summed E-state index contributed by atoms with van der Waals surface area (Å²) in [5, 5.41) is 0.561. The zero-order chi connectivity index (χ0) is 25.0. The van der Waals surface area contributed by atoms with Crippen molar-refractivity contribution in [2.24, 2.45) is 0 Å². The summed E-state index contributed by atoms with van der Waals surface area (Å²) >= 11 is 1.09. The van der Waals surface area contributed by atoms with E-state index in [4.69, 9.17) is 28.7 Å². The molecule has 10 heteroatoms. The standard InChI is InChI=1S/C24H28N2O7S/c1-24(2,3)33-18(27)13-34-23-25-19-16(12-17(30-5)20(31-6)21(19)32-7)22(28)26(23)14-8-10-15(29-4)11-9-14/h8-12H,13H2,1-7H3. The summed E-state index contributed by atoms with van der Waals surface area (Å²) in [6, 6.07) is 8.52. The van der Waals surface area contributed by atoms with Crippen LogP contribution in [0.2, 0.25) is 0 Å². The van der Waals surface area contributed by atoms with Crippen molar-refractivity contribution in [2.45, 2.75) is 31.5 Å². The van der Waals surface area contributed by atoms with Gasteiger partial charge >= 0.3 is 5.97 Å². The minimum atomic E-state index is -0.628. The van der Waals surface area contributed by atoms with Crippen LogP contribution in [0.25, 0.3) is 16.6 Å². The molecule has 0 spiro atoms. The Kier molecular flexibility index (Phi) is 7.61. The molecule has 0 saturated heterocycles. The molecule has 0 unspecified atom stereocenters. The maximum Gasteiger partial charge on any atom is 0.316 e. The van der Waals surface area contributed by atoms with Gasteiger partial charge in [0.25, 0.3) is 5.56 Å². The van der Waals surface area contributed by atoms with E-state index in [1.807, 2.05) is 0 Å². The van der Waals surface area contributed by atoms with E-state index in [9.17, 15) is 9.59 Å². The van der Waals surface area contributed by atoms with Gasteiger partial charge in [-0.3, -0.25) is 14.2 Å². The molecule has 3 aromatic rings. The number of nitrogens with zero attached hydrogens (tertiary/aromatic N) is 2. The number of aromatic nitrogens is 2. The normalized spacial score (nSPS) is 11.3. The van der Waals surface area contributed by atoms with E-state index in [0.29, 0.717) is 33.6 Å². The van der Waals surface area contributed by atoms with Crippen LogP contribution in [-0.4, -0.2) is 55.3 Å². The van der Waals surface area contributed by atoms with Gasteiger partial charge in [0, 0.05) is 0 Å². The quantitative estimate of drug-likeness (QED) is 0.266. The van der Waals surface area contributed by atoms with Crippen molar-refractivity contribution in [3.05, 3.63) is 40.7 Å². The van der Waals surface area contributed by atoms with Crippen LogP contribution in [0.3, 0.4) is 0 Å². The van der Waals surface area contributed by atoms with Crippen LogP contribution in [0, 0.1) is 0 Å². The molecule has 0 radical (unpaired) electrons. The maximum atomic E-state index is 13.7. The van der Waals surface area contributed by atoms with E-state index in [-0.39, 0.29) is 22.4 Å². The molecule has 0 atom stereocenters. The largest absolute Gasteiger partial charge is 0.497 e. The van der Waals surface area contributed by atoms with Crippen molar-refractivity contribution in [2.75, 3.05) is 34.2 Å². The number of hydrogen-bond acceptors (Lipinski definition) is 9. The zero-order valence-corrected chi connectivity index (χ0v) is 21.1. The first kappa shape index (κ1) is 25.2. The Morgan fingerprint density at radius 1 is 0.971 bits per heavy atom. The first-order valence-electron chi connectivity index (χ1n) is 10.4. The van der Waals surface area contributed by atoms with Gasteiger partial charge < -0.3 is 23.7 Å². The predicted octanol–water partition coefficient (Wildman–Crippen LogP) is 3.85. The molecule has 9 nitrogen and oxygen atoms in total. The summed E-state index contributed by atoms with van der Waals surface area (Å²) in [6.07, 6.45) is 0. The second-order valence-corrected chi connectivity index (χ2v) is 9.09. The molecular formula is C24H28N2O7S. The highest BCUT2D eigenvalue weighted by atomic mass is 32.2. The lowest BCUT2D eigenvalue weighted by Gasteiger charge is -2.20. The number of esters is 1. The molecule has 1 aromatic heterocycles. The third-order valence-electron chi connectivity index (χ3n) is 4.71. The van der Waals surface area contributed by atoms with Crippen molar-refractivity contribution >= 4 is 28.6 Å². The fraction of sp³-hybridized carbons (Fsp3) is 0.375. The van der Waals surface area contributed by atoms with Crippen molar-refractivity contribution in [1.82, 2.24) is 9.55 Å². The first-order valence-corrected chi connectivity index (χ1v) is 11.4. The number of rotatable bonds is 8. The summed E-state index contributed by atoms with van der Waals surface area (Å²) in [5.74, 6) is 1.08. The van der Waals surface area contributed by atoms with Crippen LogP contribution in [0.4, 0.5) is 0 Å². The number of ether oxygens (including phenoxy) is 5. The molecule has 182 valence electrons. The number of hydrogen-bond donors (Lipinski definition) is 0. The van der Waals surface area contributed by atoms with E-state index in [0.717, 1.165) is 11.8 Å². The maximum absolute atomic E-state index is 13.7. The molecule has 0 aliphatic heterocycles. The summed E-state index contributed by atoms with van der Waals surface area (Å²) in [4.78, 5) is 30.8. The lowest BCUT2D eigenvalue weighted by Crippen LogP contribution is -2.26. The summed E-state index contributed by atoms with van der Waals surface area (Å²) in [6.45, 7) is 5.38. The second kappa shape index (κ2) is 10.3. The molecule has 0 aliphatic carbocycles. The van der Waals surface area contributed by atoms with Crippen LogP contribution in [0.1, 0.15) is 20.8 Å². The lowest BCUT2D eigenvalue weighted by molar-refractivity contribution is -0.151. The molecule has 1 heterocycles. The highest BCUT2D eigenvalue weighted by Gasteiger charge is 2.24. The SMILES string of the molecule is COc1ccc(-n2c(SCC(=O)OC(C)(C)C)nc3c(OC)c(OC)c(OC)cc3c2=O)cc1. The monoisotopic (exact) mass is 488 g/mol. The Bertz CT molecular complexity index is 1250. The first-order chi connectivity index (χ1) is 16.1. The minimum absolute atomic E-state index is 0.0407. The van der Waals surface area contributed by atoms with Gasteiger partial charge in [-0.05, 0) is 51.1 Å². The molecule has 0 saturated carbocycles.